The fourth-order valence-corrected chi connectivity index (χ4v) is 2.91. The van der Waals surface area contributed by atoms with Crippen molar-refractivity contribution in [2.75, 3.05) is 0 Å². The standard InChI is InChI=1S/C19H12N4O3/c24-18(12-3-1-5-14(9-12)23(25)26)16-11-22-19-17(16)15(6-8-21-19)13-4-2-7-20-10-13/h1-11H,(H,21,22). The maximum absolute atomic E-state index is 13.0. The summed E-state index contributed by atoms with van der Waals surface area (Å²) in [6.45, 7) is 0. The SMILES string of the molecule is O=C(c1cccc([N+](=O)[O-])c1)c1c[nH]c2nccc(-c3cccnc3)c12. The molecule has 4 rings (SSSR count). The molecule has 126 valence electrons. The van der Waals surface area contributed by atoms with Crippen LogP contribution in [0.25, 0.3) is 22.2 Å². The Bertz CT molecular complexity index is 1140. The first-order chi connectivity index (χ1) is 12.6. The van der Waals surface area contributed by atoms with E-state index in [1.165, 1.54) is 18.2 Å². The Hall–Kier alpha value is -3.87. The number of benzene rings is 1. The molecule has 4 aromatic rings. The van der Waals surface area contributed by atoms with E-state index in [0.29, 0.717) is 16.6 Å². The zero-order chi connectivity index (χ0) is 18.1. The number of pyridine rings is 2. The van der Waals surface area contributed by atoms with Gasteiger partial charge in [-0.15, -0.1) is 0 Å². The van der Waals surface area contributed by atoms with Crippen LogP contribution < -0.4 is 0 Å². The van der Waals surface area contributed by atoms with Crippen molar-refractivity contribution in [3.63, 3.8) is 0 Å². The minimum Gasteiger partial charge on any atom is -0.345 e. The molecule has 0 unspecified atom stereocenters. The van der Waals surface area contributed by atoms with Crippen LogP contribution in [0.5, 0.6) is 0 Å². The van der Waals surface area contributed by atoms with Crippen LogP contribution in [0.4, 0.5) is 5.69 Å². The van der Waals surface area contributed by atoms with E-state index in [0.717, 1.165) is 11.1 Å². The highest BCUT2D eigenvalue weighted by Gasteiger charge is 2.20. The molecule has 0 spiro atoms. The Labute approximate surface area is 147 Å². The van der Waals surface area contributed by atoms with Crippen LogP contribution in [0.15, 0.2) is 67.3 Å². The van der Waals surface area contributed by atoms with E-state index < -0.39 is 4.92 Å². The number of nitro groups is 1. The number of non-ortho nitro benzene ring substituents is 1. The van der Waals surface area contributed by atoms with E-state index in [4.69, 9.17) is 0 Å². The van der Waals surface area contributed by atoms with Crippen LogP contribution in [0, 0.1) is 10.1 Å². The van der Waals surface area contributed by atoms with Gasteiger partial charge in [-0.05, 0) is 17.7 Å². The van der Waals surface area contributed by atoms with Crippen molar-refractivity contribution >= 4 is 22.5 Å². The molecule has 0 saturated heterocycles. The highest BCUT2D eigenvalue weighted by atomic mass is 16.6. The molecule has 0 aliphatic carbocycles. The third-order valence-corrected chi connectivity index (χ3v) is 4.11. The van der Waals surface area contributed by atoms with Gasteiger partial charge in [0.25, 0.3) is 5.69 Å². The second-order valence-corrected chi connectivity index (χ2v) is 5.66. The third-order valence-electron chi connectivity index (χ3n) is 4.11. The van der Waals surface area contributed by atoms with E-state index in [9.17, 15) is 14.9 Å². The number of hydrogen-bond donors (Lipinski definition) is 1. The molecular weight excluding hydrogens is 332 g/mol. The molecule has 0 aliphatic rings. The lowest BCUT2D eigenvalue weighted by Crippen LogP contribution is -2.02. The minimum atomic E-state index is -0.519. The topological polar surface area (TPSA) is 102 Å². The largest absolute Gasteiger partial charge is 0.345 e. The van der Waals surface area contributed by atoms with Gasteiger partial charge in [-0.3, -0.25) is 19.9 Å². The molecule has 0 fully saturated rings. The van der Waals surface area contributed by atoms with Gasteiger partial charge in [-0.2, -0.15) is 0 Å². The summed E-state index contributed by atoms with van der Waals surface area (Å²) >= 11 is 0. The van der Waals surface area contributed by atoms with E-state index >= 15 is 0 Å². The fraction of sp³-hybridized carbons (Fsp3) is 0. The van der Waals surface area contributed by atoms with Gasteiger partial charge in [0.05, 0.1) is 10.5 Å². The van der Waals surface area contributed by atoms with Gasteiger partial charge < -0.3 is 4.98 Å². The lowest BCUT2D eigenvalue weighted by molar-refractivity contribution is -0.384. The van der Waals surface area contributed by atoms with Crippen molar-refractivity contribution in [2.45, 2.75) is 0 Å². The number of aromatic amines is 1. The monoisotopic (exact) mass is 344 g/mol. The lowest BCUT2D eigenvalue weighted by atomic mass is 9.98. The summed E-state index contributed by atoms with van der Waals surface area (Å²) < 4.78 is 0. The molecule has 0 atom stereocenters. The Morgan fingerprint density at radius 3 is 2.77 bits per heavy atom. The maximum Gasteiger partial charge on any atom is 0.270 e. The molecule has 26 heavy (non-hydrogen) atoms. The molecule has 0 amide bonds. The number of nitrogens with one attached hydrogen (secondary N) is 1. The lowest BCUT2D eigenvalue weighted by Gasteiger charge is -2.05. The van der Waals surface area contributed by atoms with Crippen molar-refractivity contribution in [3.05, 3.63) is 88.5 Å². The normalized spacial score (nSPS) is 10.8. The van der Waals surface area contributed by atoms with Crippen molar-refractivity contribution < 1.29 is 9.72 Å². The van der Waals surface area contributed by atoms with Crippen LogP contribution in [-0.4, -0.2) is 25.7 Å². The first-order valence-corrected chi connectivity index (χ1v) is 7.81. The summed E-state index contributed by atoms with van der Waals surface area (Å²) in [6.07, 6.45) is 6.62. The van der Waals surface area contributed by atoms with Crippen LogP contribution >= 0.6 is 0 Å². The van der Waals surface area contributed by atoms with E-state index in [-0.39, 0.29) is 17.0 Å². The number of nitro benzene ring substituents is 1. The number of hydrogen-bond acceptors (Lipinski definition) is 5. The van der Waals surface area contributed by atoms with Gasteiger partial charge in [0.15, 0.2) is 5.78 Å². The predicted octanol–water partition coefficient (Wildman–Crippen LogP) is 3.76. The molecule has 3 aromatic heterocycles. The van der Waals surface area contributed by atoms with Gasteiger partial charge in [-0.1, -0.05) is 18.2 Å². The van der Waals surface area contributed by atoms with Gasteiger partial charge >= 0.3 is 0 Å². The molecule has 3 heterocycles. The summed E-state index contributed by atoms with van der Waals surface area (Å²) in [5.41, 5.74) is 2.78. The molecular formula is C19H12N4O3. The first-order valence-electron chi connectivity index (χ1n) is 7.81. The first kappa shape index (κ1) is 15.6. The Morgan fingerprint density at radius 2 is 2.00 bits per heavy atom. The smallest absolute Gasteiger partial charge is 0.270 e. The Morgan fingerprint density at radius 1 is 1.12 bits per heavy atom. The highest BCUT2D eigenvalue weighted by molar-refractivity contribution is 6.18. The van der Waals surface area contributed by atoms with Gasteiger partial charge in [0.1, 0.15) is 5.65 Å². The zero-order valence-corrected chi connectivity index (χ0v) is 13.4. The minimum absolute atomic E-state index is 0.124. The zero-order valence-electron chi connectivity index (χ0n) is 13.4. The number of aromatic nitrogens is 3. The van der Waals surface area contributed by atoms with Crippen molar-refractivity contribution in [3.8, 4) is 11.1 Å². The molecule has 0 aliphatic heterocycles. The summed E-state index contributed by atoms with van der Waals surface area (Å²) in [6, 6.07) is 11.2. The average Bonchev–Trinajstić information content (AvgIpc) is 3.12. The van der Waals surface area contributed by atoms with E-state index in [1.807, 2.05) is 18.2 Å². The molecule has 7 nitrogen and oxygen atoms in total. The van der Waals surface area contributed by atoms with Crippen LogP contribution in [0.2, 0.25) is 0 Å². The summed E-state index contributed by atoms with van der Waals surface area (Å²) in [7, 11) is 0. The molecule has 0 bridgehead atoms. The quantitative estimate of drug-likeness (QED) is 0.345. The van der Waals surface area contributed by atoms with Crippen molar-refractivity contribution in [1.29, 1.82) is 0 Å². The molecule has 1 N–H and O–H groups in total. The number of nitrogens with zero attached hydrogens (tertiary/aromatic N) is 3. The molecule has 1 aromatic carbocycles. The fourth-order valence-electron chi connectivity index (χ4n) is 2.91. The van der Waals surface area contributed by atoms with Crippen LogP contribution in [-0.2, 0) is 0 Å². The number of carbonyl (C=O) groups excluding carboxylic acids is 1. The van der Waals surface area contributed by atoms with Gasteiger partial charge in [0.2, 0.25) is 0 Å². The second-order valence-electron chi connectivity index (χ2n) is 5.66. The number of rotatable bonds is 4. The Balaban J connectivity index is 1.89. The summed E-state index contributed by atoms with van der Waals surface area (Å²) in [5, 5.41) is 11.6. The van der Waals surface area contributed by atoms with Crippen LogP contribution in [0.1, 0.15) is 15.9 Å². The maximum atomic E-state index is 13.0. The Kier molecular flexibility index (Phi) is 3.74. The van der Waals surface area contributed by atoms with Crippen LogP contribution in [0.3, 0.4) is 0 Å². The molecule has 0 radical (unpaired) electrons. The number of H-pyrrole nitrogens is 1. The molecule has 0 saturated carbocycles. The van der Waals surface area contributed by atoms with Crippen molar-refractivity contribution in [1.82, 2.24) is 15.0 Å². The van der Waals surface area contributed by atoms with Gasteiger partial charge in [-0.25, -0.2) is 4.98 Å². The summed E-state index contributed by atoms with van der Waals surface area (Å²) in [4.78, 5) is 34.9. The van der Waals surface area contributed by atoms with Crippen molar-refractivity contribution in [2.24, 2.45) is 0 Å². The van der Waals surface area contributed by atoms with E-state index in [2.05, 4.69) is 15.0 Å². The van der Waals surface area contributed by atoms with Gasteiger partial charge in [0, 0.05) is 53.4 Å². The molecule has 7 heteroatoms. The second kappa shape index (κ2) is 6.21. The average molecular weight is 344 g/mol. The predicted molar refractivity (Wildman–Crippen MR) is 95.9 cm³/mol. The summed E-state index contributed by atoms with van der Waals surface area (Å²) in [5.74, 6) is -0.307. The number of fused-ring (bicyclic) bond motifs is 1. The number of carbonyl (C=O) groups is 1. The highest BCUT2D eigenvalue weighted by Crippen LogP contribution is 2.31. The van der Waals surface area contributed by atoms with E-state index in [1.54, 1.807) is 30.9 Å². The number of ketones is 1. The third kappa shape index (κ3) is 2.61.